The highest BCUT2D eigenvalue weighted by atomic mass is 16.5. The lowest BCUT2D eigenvalue weighted by Gasteiger charge is -2.34. The maximum Gasteiger partial charge on any atom is 0.119 e. The number of rotatable bonds is 6. The predicted octanol–water partition coefficient (Wildman–Crippen LogP) is 5.80. The molecule has 112 valence electrons. The van der Waals surface area contributed by atoms with E-state index in [9.17, 15) is 0 Å². The first kappa shape index (κ1) is 15.4. The first-order valence-electron chi connectivity index (χ1n) is 8.47. The summed E-state index contributed by atoms with van der Waals surface area (Å²) >= 11 is 0. The third-order valence-corrected chi connectivity index (χ3v) is 4.86. The smallest absolute Gasteiger partial charge is 0.119 e. The normalized spacial score (nSPS) is 26.4. The highest BCUT2D eigenvalue weighted by Gasteiger charge is 2.28. The Morgan fingerprint density at radius 2 is 1.85 bits per heavy atom. The van der Waals surface area contributed by atoms with Crippen molar-refractivity contribution in [3.8, 4) is 5.75 Å². The van der Waals surface area contributed by atoms with Gasteiger partial charge in [0.1, 0.15) is 5.75 Å². The van der Waals surface area contributed by atoms with Crippen molar-refractivity contribution in [3.05, 3.63) is 29.8 Å². The number of ether oxygens (including phenoxy) is 1. The van der Waals surface area contributed by atoms with Gasteiger partial charge in [-0.3, -0.25) is 0 Å². The van der Waals surface area contributed by atoms with E-state index in [1.165, 1.54) is 44.1 Å². The van der Waals surface area contributed by atoms with Crippen LogP contribution in [0.25, 0.3) is 0 Å². The third kappa shape index (κ3) is 4.01. The maximum absolute atomic E-state index is 5.54. The van der Waals surface area contributed by atoms with Gasteiger partial charge < -0.3 is 4.74 Å². The van der Waals surface area contributed by atoms with Gasteiger partial charge in [0.25, 0.3) is 0 Å². The van der Waals surface area contributed by atoms with Crippen LogP contribution >= 0.6 is 0 Å². The Balaban J connectivity index is 1.93. The summed E-state index contributed by atoms with van der Waals surface area (Å²) in [6.45, 7) is 7.53. The van der Waals surface area contributed by atoms with Gasteiger partial charge in [-0.2, -0.15) is 0 Å². The van der Waals surface area contributed by atoms with Gasteiger partial charge in [0.15, 0.2) is 0 Å². The molecule has 3 unspecified atom stereocenters. The van der Waals surface area contributed by atoms with E-state index < -0.39 is 0 Å². The lowest BCUT2D eigenvalue weighted by atomic mass is 9.71. The van der Waals surface area contributed by atoms with Crippen LogP contribution in [-0.4, -0.2) is 6.61 Å². The minimum absolute atomic E-state index is 0.748. The molecule has 0 amide bonds. The SMILES string of the molecule is CCCCC1CCC(c2ccc(OCC)cc2)C(C)C1. The molecular formula is C19H30O. The topological polar surface area (TPSA) is 9.23 Å². The quantitative estimate of drug-likeness (QED) is 0.637. The minimum atomic E-state index is 0.748. The summed E-state index contributed by atoms with van der Waals surface area (Å²) in [6, 6.07) is 8.82. The molecule has 3 atom stereocenters. The molecule has 1 saturated carbocycles. The van der Waals surface area contributed by atoms with Crippen LogP contribution in [0.1, 0.15) is 70.8 Å². The average Bonchev–Trinajstić information content (AvgIpc) is 2.47. The molecule has 1 nitrogen and oxygen atoms in total. The number of benzene rings is 1. The summed E-state index contributed by atoms with van der Waals surface area (Å²) in [5.41, 5.74) is 1.51. The van der Waals surface area contributed by atoms with Gasteiger partial charge in [0.2, 0.25) is 0 Å². The molecule has 0 aliphatic heterocycles. The van der Waals surface area contributed by atoms with Gasteiger partial charge in [-0.25, -0.2) is 0 Å². The van der Waals surface area contributed by atoms with E-state index in [1.54, 1.807) is 0 Å². The predicted molar refractivity (Wildman–Crippen MR) is 86.4 cm³/mol. The highest BCUT2D eigenvalue weighted by Crippen LogP contribution is 2.42. The summed E-state index contributed by atoms with van der Waals surface area (Å²) in [5, 5.41) is 0. The molecular weight excluding hydrogens is 244 g/mol. The van der Waals surface area contributed by atoms with E-state index in [1.807, 2.05) is 6.92 Å². The largest absolute Gasteiger partial charge is 0.494 e. The summed E-state index contributed by atoms with van der Waals surface area (Å²) in [4.78, 5) is 0. The van der Waals surface area contributed by atoms with E-state index in [-0.39, 0.29) is 0 Å². The van der Waals surface area contributed by atoms with E-state index >= 15 is 0 Å². The molecule has 0 saturated heterocycles. The van der Waals surface area contributed by atoms with E-state index in [4.69, 9.17) is 4.74 Å². The molecule has 0 N–H and O–H groups in total. The second-order valence-electron chi connectivity index (χ2n) is 6.41. The minimum Gasteiger partial charge on any atom is -0.494 e. The summed E-state index contributed by atoms with van der Waals surface area (Å²) in [5.74, 6) is 3.55. The first-order chi connectivity index (χ1) is 9.74. The van der Waals surface area contributed by atoms with Crippen molar-refractivity contribution in [2.75, 3.05) is 6.61 Å². The van der Waals surface area contributed by atoms with Crippen LogP contribution < -0.4 is 4.74 Å². The van der Waals surface area contributed by atoms with Crippen LogP contribution in [0.3, 0.4) is 0 Å². The second kappa shape index (κ2) is 7.71. The Morgan fingerprint density at radius 3 is 2.45 bits per heavy atom. The standard InChI is InChI=1S/C19H30O/c1-4-6-7-16-8-13-19(15(3)14-16)17-9-11-18(12-10-17)20-5-2/h9-12,15-16,19H,4-8,13-14H2,1-3H3. The fourth-order valence-corrected chi connectivity index (χ4v) is 3.74. The Kier molecular flexibility index (Phi) is 5.94. The molecule has 2 rings (SSSR count). The van der Waals surface area contributed by atoms with Crippen molar-refractivity contribution in [1.29, 1.82) is 0 Å². The molecule has 0 aromatic heterocycles. The van der Waals surface area contributed by atoms with Gasteiger partial charge in [-0.15, -0.1) is 0 Å². The van der Waals surface area contributed by atoms with Crippen LogP contribution in [-0.2, 0) is 0 Å². The first-order valence-corrected chi connectivity index (χ1v) is 8.47. The second-order valence-corrected chi connectivity index (χ2v) is 6.41. The molecule has 1 aromatic carbocycles. The van der Waals surface area contributed by atoms with E-state index in [0.717, 1.165) is 30.1 Å². The molecule has 20 heavy (non-hydrogen) atoms. The lowest BCUT2D eigenvalue weighted by Crippen LogP contribution is -2.21. The Bertz CT molecular complexity index is 381. The van der Waals surface area contributed by atoms with Gasteiger partial charge in [0.05, 0.1) is 6.61 Å². The molecule has 1 aliphatic rings. The zero-order valence-electron chi connectivity index (χ0n) is 13.4. The molecule has 0 spiro atoms. The summed E-state index contributed by atoms with van der Waals surface area (Å²) in [6.07, 6.45) is 8.39. The molecule has 1 heteroatoms. The monoisotopic (exact) mass is 274 g/mol. The Labute approximate surface area is 124 Å². The molecule has 1 fully saturated rings. The van der Waals surface area contributed by atoms with Crippen LogP contribution in [0.15, 0.2) is 24.3 Å². The fourth-order valence-electron chi connectivity index (χ4n) is 3.74. The molecule has 1 aromatic rings. The fraction of sp³-hybridized carbons (Fsp3) is 0.684. The van der Waals surface area contributed by atoms with Crippen molar-refractivity contribution >= 4 is 0 Å². The molecule has 1 aliphatic carbocycles. The Morgan fingerprint density at radius 1 is 1.10 bits per heavy atom. The summed E-state index contributed by atoms with van der Waals surface area (Å²) < 4.78 is 5.54. The Hall–Kier alpha value is -0.980. The lowest BCUT2D eigenvalue weighted by molar-refractivity contribution is 0.233. The average molecular weight is 274 g/mol. The zero-order valence-corrected chi connectivity index (χ0v) is 13.4. The zero-order chi connectivity index (χ0) is 14.4. The number of hydrogen-bond acceptors (Lipinski definition) is 1. The summed E-state index contributed by atoms with van der Waals surface area (Å²) in [7, 11) is 0. The molecule has 0 radical (unpaired) electrons. The number of hydrogen-bond donors (Lipinski definition) is 0. The van der Waals surface area contributed by atoms with E-state index in [0.29, 0.717) is 0 Å². The van der Waals surface area contributed by atoms with Crippen molar-refractivity contribution in [2.45, 2.75) is 65.2 Å². The van der Waals surface area contributed by atoms with Gasteiger partial charge in [-0.1, -0.05) is 45.2 Å². The third-order valence-electron chi connectivity index (χ3n) is 4.86. The highest BCUT2D eigenvalue weighted by molar-refractivity contribution is 5.30. The molecule has 0 heterocycles. The van der Waals surface area contributed by atoms with Crippen molar-refractivity contribution in [1.82, 2.24) is 0 Å². The van der Waals surface area contributed by atoms with E-state index in [2.05, 4.69) is 38.1 Å². The maximum atomic E-state index is 5.54. The molecule has 0 bridgehead atoms. The van der Waals surface area contributed by atoms with Crippen LogP contribution in [0.2, 0.25) is 0 Å². The van der Waals surface area contributed by atoms with Gasteiger partial charge in [-0.05, 0) is 61.6 Å². The van der Waals surface area contributed by atoms with Crippen molar-refractivity contribution in [2.24, 2.45) is 11.8 Å². The van der Waals surface area contributed by atoms with Gasteiger partial charge >= 0.3 is 0 Å². The van der Waals surface area contributed by atoms with Crippen molar-refractivity contribution < 1.29 is 4.74 Å². The number of unbranched alkanes of at least 4 members (excludes halogenated alkanes) is 1. The van der Waals surface area contributed by atoms with Crippen molar-refractivity contribution in [3.63, 3.8) is 0 Å². The van der Waals surface area contributed by atoms with Crippen LogP contribution in [0, 0.1) is 11.8 Å². The van der Waals surface area contributed by atoms with Gasteiger partial charge in [0, 0.05) is 0 Å². The van der Waals surface area contributed by atoms with Crippen LogP contribution in [0.5, 0.6) is 5.75 Å². The van der Waals surface area contributed by atoms with Crippen LogP contribution in [0.4, 0.5) is 0 Å².